The van der Waals surface area contributed by atoms with Crippen LogP contribution in [0.25, 0.3) is 11.2 Å². The summed E-state index contributed by atoms with van der Waals surface area (Å²) in [6.45, 7) is 1.38. The standard InChI is InChI=1S/C28H45N9O2.2ClH/c29-19-10-12-21(13-11-19)32-27-34-25(24-26(35-27)37(18-30-24)23-8-4-5-9-23)31-22-14-16-36(17-15-22)39-28(38)33-20-6-2-1-3-7-20;;/h18-23H,1-17,29H2,(H,33,38)(H2,31,32,34,35);2*1H/t19-,21-;;. The first kappa shape index (κ1) is 31.8. The number of nitrogens with one attached hydrogen (secondary N) is 3. The molecule has 1 amide bonds. The molecule has 2 aromatic heterocycles. The number of hydrogen-bond donors (Lipinski definition) is 4. The molecule has 4 aliphatic rings. The van der Waals surface area contributed by atoms with Gasteiger partial charge in [0.05, 0.1) is 6.33 Å². The number of aromatic nitrogens is 4. The average molecular weight is 613 g/mol. The summed E-state index contributed by atoms with van der Waals surface area (Å²) in [5.41, 5.74) is 7.88. The van der Waals surface area contributed by atoms with Crippen LogP contribution in [0.15, 0.2) is 6.33 Å². The lowest BCUT2D eigenvalue weighted by Gasteiger charge is -2.32. The van der Waals surface area contributed by atoms with Gasteiger partial charge in [0.15, 0.2) is 17.0 Å². The van der Waals surface area contributed by atoms with Crippen LogP contribution in [0.5, 0.6) is 0 Å². The van der Waals surface area contributed by atoms with Crippen molar-refractivity contribution in [1.82, 2.24) is 29.9 Å². The average Bonchev–Trinajstić information content (AvgIpc) is 3.62. The Hall–Kier alpha value is -2.08. The zero-order chi connectivity index (χ0) is 26.6. The SMILES string of the molecule is Cl.Cl.N[C@H]1CC[C@H](Nc2nc(NC3CCN(OC(=O)NC4CCCCC4)CC3)c3ncn(C4CCCC4)c3n2)CC1. The van der Waals surface area contributed by atoms with E-state index >= 15 is 0 Å². The fourth-order valence-electron chi connectivity index (χ4n) is 6.82. The van der Waals surface area contributed by atoms with Gasteiger partial charge in [-0.25, -0.2) is 9.78 Å². The Morgan fingerprint density at radius 1 is 0.805 bits per heavy atom. The van der Waals surface area contributed by atoms with Gasteiger partial charge >= 0.3 is 6.09 Å². The highest BCUT2D eigenvalue weighted by molar-refractivity contribution is 5.86. The number of piperidine rings is 1. The van der Waals surface area contributed by atoms with Crippen molar-refractivity contribution in [2.75, 3.05) is 23.7 Å². The first-order valence-corrected chi connectivity index (χ1v) is 15.4. The van der Waals surface area contributed by atoms with E-state index in [0.717, 1.165) is 68.3 Å². The lowest BCUT2D eigenvalue weighted by atomic mass is 9.92. The van der Waals surface area contributed by atoms with E-state index in [1.165, 1.54) is 44.9 Å². The topological polar surface area (TPSA) is 135 Å². The molecular weight excluding hydrogens is 565 g/mol. The Kier molecular flexibility index (Phi) is 11.6. The lowest BCUT2D eigenvalue weighted by Crippen LogP contribution is -2.44. The molecule has 0 unspecified atom stereocenters. The number of hydroxylamine groups is 2. The van der Waals surface area contributed by atoms with Crippen LogP contribution in [0.4, 0.5) is 16.6 Å². The number of fused-ring (bicyclic) bond motifs is 1. The van der Waals surface area contributed by atoms with Gasteiger partial charge in [-0.05, 0) is 64.2 Å². The van der Waals surface area contributed by atoms with Crippen LogP contribution in [0.3, 0.4) is 0 Å². The Labute approximate surface area is 255 Å². The summed E-state index contributed by atoms with van der Waals surface area (Å²) in [6.07, 6.45) is 18.1. The Morgan fingerprint density at radius 2 is 1.46 bits per heavy atom. The molecule has 0 aromatic carbocycles. The summed E-state index contributed by atoms with van der Waals surface area (Å²) in [4.78, 5) is 32.7. The van der Waals surface area contributed by atoms with Crippen LogP contribution in [0.2, 0.25) is 0 Å². The number of amides is 1. The van der Waals surface area contributed by atoms with Gasteiger partial charge in [-0.2, -0.15) is 9.97 Å². The molecule has 0 spiro atoms. The van der Waals surface area contributed by atoms with Gasteiger partial charge in [0.2, 0.25) is 5.95 Å². The summed E-state index contributed by atoms with van der Waals surface area (Å²) < 4.78 is 2.26. The largest absolute Gasteiger partial charge is 0.426 e. The molecule has 1 saturated heterocycles. The molecular formula is C28H47Cl2N9O2. The fourth-order valence-corrected chi connectivity index (χ4v) is 6.82. The van der Waals surface area contributed by atoms with Crippen LogP contribution >= 0.6 is 24.8 Å². The minimum atomic E-state index is -0.317. The minimum Gasteiger partial charge on any atom is -0.365 e. The second kappa shape index (κ2) is 14.9. The molecule has 0 atom stereocenters. The maximum Gasteiger partial charge on any atom is 0.426 e. The number of hydrogen-bond acceptors (Lipinski definition) is 9. The summed E-state index contributed by atoms with van der Waals surface area (Å²) in [5, 5.41) is 12.1. The van der Waals surface area contributed by atoms with E-state index in [2.05, 4.69) is 20.5 Å². The number of anilines is 2. The van der Waals surface area contributed by atoms with Crippen molar-refractivity contribution in [2.45, 2.75) is 127 Å². The van der Waals surface area contributed by atoms with E-state index in [1.807, 2.05) is 6.33 Å². The fraction of sp³-hybridized carbons (Fsp3) is 0.786. The molecule has 41 heavy (non-hydrogen) atoms. The number of imidazole rings is 1. The van der Waals surface area contributed by atoms with Crippen LogP contribution in [-0.2, 0) is 4.84 Å². The second-order valence-electron chi connectivity index (χ2n) is 12.1. The normalized spacial score (nSPS) is 24.8. The van der Waals surface area contributed by atoms with Crippen molar-refractivity contribution in [1.29, 1.82) is 0 Å². The number of carbonyl (C=O) groups excluding carboxylic acids is 1. The lowest BCUT2D eigenvalue weighted by molar-refractivity contribution is -0.113. The molecule has 3 saturated carbocycles. The Balaban J connectivity index is 0.00000194. The Bertz CT molecular complexity index is 1110. The number of rotatable bonds is 7. The van der Waals surface area contributed by atoms with Gasteiger partial charge in [-0.1, -0.05) is 32.1 Å². The highest BCUT2D eigenvalue weighted by atomic mass is 35.5. The minimum absolute atomic E-state index is 0. The smallest absolute Gasteiger partial charge is 0.365 e. The number of nitrogens with zero attached hydrogens (tertiary/aromatic N) is 5. The van der Waals surface area contributed by atoms with Crippen molar-refractivity contribution in [3.63, 3.8) is 0 Å². The molecule has 2 aromatic rings. The summed E-state index contributed by atoms with van der Waals surface area (Å²) in [6, 6.07) is 1.58. The highest BCUT2D eigenvalue weighted by Crippen LogP contribution is 2.34. The van der Waals surface area contributed by atoms with Crippen LogP contribution in [0.1, 0.15) is 102 Å². The second-order valence-corrected chi connectivity index (χ2v) is 12.1. The highest BCUT2D eigenvalue weighted by Gasteiger charge is 2.27. The molecule has 5 N–H and O–H groups in total. The zero-order valence-corrected chi connectivity index (χ0v) is 25.6. The van der Waals surface area contributed by atoms with Crippen molar-refractivity contribution >= 4 is 53.8 Å². The number of nitrogens with two attached hydrogens (primary N) is 1. The van der Waals surface area contributed by atoms with Crippen molar-refractivity contribution in [3.8, 4) is 0 Å². The van der Waals surface area contributed by atoms with E-state index in [4.69, 9.17) is 25.5 Å². The molecule has 6 rings (SSSR count). The third-order valence-corrected chi connectivity index (χ3v) is 9.18. The first-order valence-electron chi connectivity index (χ1n) is 15.4. The van der Waals surface area contributed by atoms with Crippen molar-refractivity contribution in [2.24, 2.45) is 5.73 Å². The first-order chi connectivity index (χ1) is 19.1. The molecule has 11 nitrogen and oxygen atoms in total. The monoisotopic (exact) mass is 611 g/mol. The van der Waals surface area contributed by atoms with E-state index in [9.17, 15) is 4.79 Å². The molecule has 230 valence electrons. The van der Waals surface area contributed by atoms with Gasteiger partial charge in [0.25, 0.3) is 0 Å². The summed E-state index contributed by atoms with van der Waals surface area (Å²) in [5.74, 6) is 1.46. The van der Waals surface area contributed by atoms with Gasteiger partial charge in [-0.3, -0.25) is 0 Å². The molecule has 1 aliphatic heterocycles. The van der Waals surface area contributed by atoms with Crippen LogP contribution in [0, 0.1) is 0 Å². The molecule has 13 heteroatoms. The van der Waals surface area contributed by atoms with Gasteiger partial charge in [-0.15, -0.1) is 29.9 Å². The number of carbonyl (C=O) groups is 1. The molecule has 4 fully saturated rings. The van der Waals surface area contributed by atoms with E-state index in [-0.39, 0.29) is 43.0 Å². The van der Waals surface area contributed by atoms with Crippen molar-refractivity contribution in [3.05, 3.63) is 6.33 Å². The Morgan fingerprint density at radius 3 is 2.17 bits per heavy atom. The third kappa shape index (κ3) is 8.06. The van der Waals surface area contributed by atoms with Gasteiger partial charge < -0.3 is 31.1 Å². The number of halogens is 2. The predicted octanol–water partition coefficient (Wildman–Crippen LogP) is 5.32. The molecule has 0 bridgehead atoms. The maximum atomic E-state index is 12.4. The molecule has 3 heterocycles. The van der Waals surface area contributed by atoms with E-state index in [0.29, 0.717) is 37.2 Å². The zero-order valence-electron chi connectivity index (χ0n) is 23.9. The van der Waals surface area contributed by atoms with E-state index < -0.39 is 0 Å². The summed E-state index contributed by atoms with van der Waals surface area (Å²) >= 11 is 0. The third-order valence-electron chi connectivity index (χ3n) is 9.18. The van der Waals surface area contributed by atoms with Gasteiger partial charge in [0, 0.05) is 43.3 Å². The predicted molar refractivity (Wildman–Crippen MR) is 166 cm³/mol. The molecule has 3 aliphatic carbocycles. The van der Waals surface area contributed by atoms with Crippen LogP contribution < -0.4 is 21.7 Å². The summed E-state index contributed by atoms with van der Waals surface area (Å²) in [7, 11) is 0. The van der Waals surface area contributed by atoms with Gasteiger partial charge in [0.1, 0.15) is 0 Å². The van der Waals surface area contributed by atoms with Crippen LogP contribution in [-0.4, -0.2) is 67.9 Å². The quantitative estimate of drug-likeness (QED) is 0.328. The van der Waals surface area contributed by atoms with Crippen molar-refractivity contribution < 1.29 is 9.63 Å². The molecule has 0 radical (unpaired) electrons. The maximum absolute atomic E-state index is 12.4. The van der Waals surface area contributed by atoms with E-state index in [1.54, 1.807) is 5.06 Å².